The number of carbonyl (C=O) groups excluding carboxylic acids is 2. The van der Waals surface area contributed by atoms with Crippen molar-refractivity contribution in [3.63, 3.8) is 0 Å². The van der Waals surface area contributed by atoms with Crippen LogP contribution in [-0.4, -0.2) is 24.0 Å². The van der Waals surface area contributed by atoms with Gasteiger partial charge in [0.05, 0.1) is 12.7 Å². The summed E-state index contributed by atoms with van der Waals surface area (Å²) in [4.78, 5) is 28.6. The summed E-state index contributed by atoms with van der Waals surface area (Å²) in [5.74, 6) is -0.374. The molecule has 1 N–H and O–H groups in total. The molecular formula is C17H20N2O3S. The number of rotatable bonds is 5. The van der Waals surface area contributed by atoms with Crippen molar-refractivity contribution in [3.05, 3.63) is 46.1 Å². The topological polar surface area (TPSA) is 68.3 Å². The summed E-state index contributed by atoms with van der Waals surface area (Å²) in [6, 6.07) is 5.24. The third-order valence-electron chi connectivity index (χ3n) is 3.23. The molecule has 0 aliphatic carbocycles. The number of nitrogens with one attached hydrogen (secondary N) is 1. The second-order valence-corrected chi connectivity index (χ2v) is 6.55. The molecule has 0 aliphatic heterocycles. The van der Waals surface area contributed by atoms with E-state index in [1.165, 1.54) is 18.4 Å². The predicted octanol–water partition coefficient (Wildman–Crippen LogP) is 3.69. The van der Waals surface area contributed by atoms with E-state index >= 15 is 0 Å². The highest BCUT2D eigenvalue weighted by Gasteiger charge is 2.22. The summed E-state index contributed by atoms with van der Waals surface area (Å²) in [5, 5.41) is 5.17. The standard InChI is InChI=1S/C17H20N2O3S/c1-10(2)8-12-9-23-16(14(12)17(21)22-4)19-15(20)13-7-5-6-11(3)18-13/h5-7,9-10H,8H2,1-4H3,(H,19,20). The highest BCUT2D eigenvalue weighted by Crippen LogP contribution is 2.31. The maximum atomic E-state index is 12.3. The highest BCUT2D eigenvalue weighted by atomic mass is 32.1. The van der Waals surface area contributed by atoms with E-state index < -0.39 is 5.97 Å². The largest absolute Gasteiger partial charge is 0.465 e. The molecule has 0 aliphatic rings. The number of thiophene rings is 1. The molecule has 2 heterocycles. The molecule has 2 aromatic rings. The number of esters is 1. The number of aromatic nitrogens is 1. The third-order valence-corrected chi connectivity index (χ3v) is 4.18. The Morgan fingerprint density at radius 3 is 2.70 bits per heavy atom. The van der Waals surface area contributed by atoms with Gasteiger partial charge in [0.25, 0.3) is 5.91 Å². The van der Waals surface area contributed by atoms with E-state index in [1.54, 1.807) is 12.1 Å². The molecule has 6 heteroatoms. The first kappa shape index (κ1) is 17.1. The lowest BCUT2D eigenvalue weighted by atomic mass is 10.0. The van der Waals surface area contributed by atoms with Crippen LogP contribution in [0.4, 0.5) is 5.00 Å². The quantitative estimate of drug-likeness (QED) is 0.848. The average Bonchev–Trinajstić information content (AvgIpc) is 2.88. The van der Waals surface area contributed by atoms with Gasteiger partial charge in [0, 0.05) is 5.69 Å². The fourth-order valence-corrected chi connectivity index (χ4v) is 3.20. The van der Waals surface area contributed by atoms with Crippen LogP contribution in [0.1, 0.15) is 46.0 Å². The smallest absolute Gasteiger partial charge is 0.341 e. The van der Waals surface area contributed by atoms with Crippen LogP contribution < -0.4 is 5.32 Å². The molecule has 1 amide bonds. The highest BCUT2D eigenvalue weighted by molar-refractivity contribution is 7.15. The summed E-state index contributed by atoms with van der Waals surface area (Å²) >= 11 is 1.33. The van der Waals surface area contributed by atoms with Gasteiger partial charge in [-0.05, 0) is 42.3 Å². The molecule has 0 atom stereocenters. The molecule has 5 nitrogen and oxygen atoms in total. The molecule has 0 saturated heterocycles. The Hall–Kier alpha value is -2.21. The van der Waals surface area contributed by atoms with Crippen LogP contribution in [-0.2, 0) is 11.2 Å². The minimum Gasteiger partial charge on any atom is -0.465 e. The van der Waals surface area contributed by atoms with Crippen molar-refractivity contribution in [2.24, 2.45) is 5.92 Å². The van der Waals surface area contributed by atoms with Crippen molar-refractivity contribution in [3.8, 4) is 0 Å². The summed E-state index contributed by atoms with van der Waals surface area (Å²) in [7, 11) is 1.34. The molecular weight excluding hydrogens is 312 g/mol. The van der Waals surface area contributed by atoms with Gasteiger partial charge in [-0.2, -0.15) is 0 Å². The Morgan fingerprint density at radius 1 is 1.35 bits per heavy atom. The normalized spacial score (nSPS) is 10.7. The van der Waals surface area contributed by atoms with Gasteiger partial charge in [-0.15, -0.1) is 11.3 Å². The van der Waals surface area contributed by atoms with E-state index in [-0.39, 0.29) is 5.91 Å². The van der Waals surface area contributed by atoms with Crippen LogP contribution in [0.2, 0.25) is 0 Å². The number of amides is 1. The first-order valence-electron chi connectivity index (χ1n) is 7.36. The van der Waals surface area contributed by atoms with Crippen molar-refractivity contribution >= 4 is 28.2 Å². The number of pyridine rings is 1. The van der Waals surface area contributed by atoms with Crippen molar-refractivity contribution in [2.75, 3.05) is 12.4 Å². The molecule has 0 aromatic carbocycles. The molecule has 0 unspecified atom stereocenters. The van der Waals surface area contributed by atoms with E-state index in [0.29, 0.717) is 22.2 Å². The van der Waals surface area contributed by atoms with Crippen LogP contribution in [0, 0.1) is 12.8 Å². The van der Waals surface area contributed by atoms with Gasteiger partial charge in [0.15, 0.2) is 0 Å². The van der Waals surface area contributed by atoms with Crippen molar-refractivity contribution in [1.29, 1.82) is 0 Å². The van der Waals surface area contributed by atoms with Gasteiger partial charge in [-0.25, -0.2) is 9.78 Å². The summed E-state index contributed by atoms with van der Waals surface area (Å²) in [6.07, 6.45) is 0.750. The van der Waals surface area contributed by atoms with Crippen LogP contribution in [0.25, 0.3) is 0 Å². The Kier molecular flexibility index (Phi) is 5.50. The first-order valence-corrected chi connectivity index (χ1v) is 8.24. The fourth-order valence-electron chi connectivity index (χ4n) is 2.24. The van der Waals surface area contributed by atoms with Gasteiger partial charge >= 0.3 is 5.97 Å². The van der Waals surface area contributed by atoms with Gasteiger partial charge in [0.2, 0.25) is 0 Å². The minimum absolute atomic E-state index is 0.319. The van der Waals surface area contributed by atoms with E-state index in [9.17, 15) is 9.59 Å². The molecule has 2 rings (SSSR count). The zero-order valence-electron chi connectivity index (χ0n) is 13.7. The number of hydrogen-bond acceptors (Lipinski definition) is 5. The van der Waals surface area contributed by atoms with Gasteiger partial charge < -0.3 is 10.1 Å². The van der Waals surface area contributed by atoms with Crippen LogP contribution in [0.5, 0.6) is 0 Å². The lowest BCUT2D eigenvalue weighted by molar-refractivity contribution is 0.0601. The van der Waals surface area contributed by atoms with Crippen molar-refractivity contribution < 1.29 is 14.3 Å². The summed E-state index contributed by atoms with van der Waals surface area (Å²) in [5.41, 5.74) is 2.41. The Bertz CT molecular complexity index is 722. The lowest BCUT2D eigenvalue weighted by Crippen LogP contribution is -2.16. The fraction of sp³-hybridized carbons (Fsp3) is 0.353. The number of aryl methyl sites for hydroxylation is 1. The van der Waals surface area contributed by atoms with Gasteiger partial charge in [-0.3, -0.25) is 4.79 Å². The Labute approximate surface area is 139 Å². The molecule has 23 heavy (non-hydrogen) atoms. The summed E-state index contributed by atoms with van der Waals surface area (Å²) < 4.78 is 4.86. The number of anilines is 1. The number of methoxy groups -OCH3 is 1. The SMILES string of the molecule is COC(=O)c1c(CC(C)C)csc1NC(=O)c1cccc(C)n1. The van der Waals surface area contributed by atoms with Crippen molar-refractivity contribution in [2.45, 2.75) is 27.2 Å². The van der Waals surface area contributed by atoms with Gasteiger partial charge in [-0.1, -0.05) is 19.9 Å². The van der Waals surface area contributed by atoms with E-state index in [2.05, 4.69) is 24.1 Å². The first-order chi connectivity index (χ1) is 10.9. The number of nitrogens with zero attached hydrogens (tertiary/aromatic N) is 1. The molecule has 2 aromatic heterocycles. The molecule has 0 spiro atoms. The number of hydrogen-bond donors (Lipinski definition) is 1. The number of carbonyl (C=O) groups is 2. The predicted molar refractivity (Wildman–Crippen MR) is 91.1 cm³/mol. The van der Waals surface area contributed by atoms with E-state index in [0.717, 1.165) is 17.7 Å². The maximum Gasteiger partial charge on any atom is 0.341 e. The van der Waals surface area contributed by atoms with Crippen molar-refractivity contribution in [1.82, 2.24) is 4.98 Å². The number of ether oxygens (including phenoxy) is 1. The van der Waals surface area contributed by atoms with E-state index in [4.69, 9.17) is 4.74 Å². The molecule has 122 valence electrons. The Morgan fingerprint density at radius 2 is 2.09 bits per heavy atom. The molecule has 0 radical (unpaired) electrons. The average molecular weight is 332 g/mol. The maximum absolute atomic E-state index is 12.3. The van der Waals surface area contributed by atoms with Crippen LogP contribution >= 0.6 is 11.3 Å². The lowest BCUT2D eigenvalue weighted by Gasteiger charge is -2.09. The van der Waals surface area contributed by atoms with Crippen LogP contribution in [0.3, 0.4) is 0 Å². The van der Waals surface area contributed by atoms with Crippen LogP contribution in [0.15, 0.2) is 23.6 Å². The minimum atomic E-state index is -0.436. The zero-order chi connectivity index (χ0) is 17.0. The monoisotopic (exact) mass is 332 g/mol. The molecule has 0 bridgehead atoms. The summed E-state index contributed by atoms with van der Waals surface area (Å²) in [6.45, 7) is 5.98. The third kappa shape index (κ3) is 4.16. The Balaban J connectivity index is 2.30. The molecule has 0 fully saturated rings. The second kappa shape index (κ2) is 7.37. The van der Waals surface area contributed by atoms with E-state index in [1.807, 2.05) is 18.4 Å². The molecule has 0 saturated carbocycles. The second-order valence-electron chi connectivity index (χ2n) is 5.67. The zero-order valence-corrected chi connectivity index (χ0v) is 14.5. The van der Waals surface area contributed by atoms with Gasteiger partial charge in [0.1, 0.15) is 10.7 Å².